The number of benzene rings is 3. The van der Waals surface area contributed by atoms with E-state index in [1.165, 1.54) is 11.4 Å². The molecule has 1 atom stereocenters. The van der Waals surface area contributed by atoms with Gasteiger partial charge in [0.1, 0.15) is 6.04 Å². The molecule has 3 aromatic carbocycles. The Morgan fingerprint density at radius 2 is 1.36 bits per heavy atom. The first-order chi connectivity index (χ1) is 17.3. The van der Waals surface area contributed by atoms with E-state index in [1.54, 1.807) is 42.3 Å². The summed E-state index contributed by atoms with van der Waals surface area (Å²) in [6.45, 7) is 0.466. The molecule has 8 heteroatoms. The first-order valence-electron chi connectivity index (χ1n) is 11.9. The van der Waals surface area contributed by atoms with Crippen molar-refractivity contribution in [3.8, 4) is 0 Å². The number of hydrogen-bond acceptors (Lipinski definition) is 4. The minimum absolute atomic E-state index is 0.115. The van der Waals surface area contributed by atoms with Crippen LogP contribution in [0.5, 0.6) is 0 Å². The highest BCUT2D eigenvalue weighted by atomic mass is 32.2. The van der Waals surface area contributed by atoms with Crippen LogP contribution in [0, 0.1) is 0 Å². The molecular formula is C28H33N3O4S. The van der Waals surface area contributed by atoms with Crippen LogP contribution in [0.2, 0.25) is 0 Å². The lowest BCUT2D eigenvalue weighted by atomic mass is 10.0. The molecule has 0 fully saturated rings. The summed E-state index contributed by atoms with van der Waals surface area (Å²) in [7, 11) is -0.560. The highest BCUT2D eigenvalue weighted by Gasteiger charge is 2.30. The van der Waals surface area contributed by atoms with Crippen molar-refractivity contribution in [3.63, 3.8) is 0 Å². The highest BCUT2D eigenvalue weighted by Crippen LogP contribution is 2.18. The largest absolute Gasteiger partial charge is 0.357 e. The molecule has 3 aromatic rings. The minimum Gasteiger partial charge on any atom is -0.357 e. The molecule has 0 aliphatic rings. The Hall–Kier alpha value is -3.49. The SMILES string of the molecule is CNC(=O)[C@@H](Cc1ccccc1)N(Cc1ccccc1)C(=O)CCCN(C)S(=O)(=O)c1ccccc1. The standard InChI is InChI=1S/C28H33N3O4S/c1-29-28(33)26(21-23-13-6-3-7-14-23)31(22-24-15-8-4-9-16-24)27(32)19-12-20-30(2)36(34,35)25-17-10-5-11-18-25/h3-11,13-18,26H,12,19-22H2,1-2H3,(H,29,33)/t26-/m1/s1. The van der Waals surface area contributed by atoms with Crippen molar-refractivity contribution >= 4 is 21.8 Å². The molecule has 0 spiro atoms. The van der Waals surface area contributed by atoms with E-state index in [-0.39, 0.29) is 36.2 Å². The lowest BCUT2D eigenvalue weighted by Gasteiger charge is -2.31. The number of nitrogens with zero attached hydrogens (tertiary/aromatic N) is 2. The Kier molecular flexibility index (Phi) is 9.78. The average molecular weight is 508 g/mol. The van der Waals surface area contributed by atoms with Gasteiger partial charge in [-0.3, -0.25) is 9.59 Å². The van der Waals surface area contributed by atoms with Crippen LogP contribution in [0.4, 0.5) is 0 Å². The van der Waals surface area contributed by atoms with Gasteiger partial charge < -0.3 is 10.2 Å². The van der Waals surface area contributed by atoms with Crippen LogP contribution in [0.1, 0.15) is 24.0 Å². The molecule has 2 amide bonds. The lowest BCUT2D eigenvalue weighted by Crippen LogP contribution is -2.49. The third-order valence-electron chi connectivity index (χ3n) is 6.03. The fourth-order valence-corrected chi connectivity index (χ4v) is 5.22. The fraction of sp³-hybridized carbons (Fsp3) is 0.286. The van der Waals surface area contributed by atoms with E-state index in [2.05, 4.69) is 5.32 Å². The van der Waals surface area contributed by atoms with Crippen molar-refractivity contribution in [2.45, 2.75) is 36.7 Å². The van der Waals surface area contributed by atoms with Crippen LogP contribution in [0.25, 0.3) is 0 Å². The van der Waals surface area contributed by atoms with Gasteiger partial charge in [-0.2, -0.15) is 0 Å². The molecule has 1 N–H and O–H groups in total. The van der Waals surface area contributed by atoms with Gasteiger partial charge in [-0.1, -0.05) is 78.9 Å². The van der Waals surface area contributed by atoms with Gasteiger partial charge >= 0.3 is 0 Å². The number of nitrogens with one attached hydrogen (secondary N) is 1. The molecule has 7 nitrogen and oxygen atoms in total. The Balaban J connectivity index is 1.75. The molecule has 3 rings (SSSR count). The van der Waals surface area contributed by atoms with E-state index < -0.39 is 16.1 Å². The molecule has 0 aliphatic carbocycles. The van der Waals surface area contributed by atoms with Crippen molar-refractivity contribution in [3.05, 3.63) is 102 Å². The van der Waals surface area contributed by atoms with Crippen molar-refractivity contribution < 1.29 is 18.0 Å². The summed E-state index contributed by atoms with van der Waals surface area (Å²) in [6.07, 6.45) is 0.823. The Morgan fingerprint density at radius 3 is 1.92 bits per heavy atom. The molecule has 0 aliphatic heterocycles. The number of carbonyl (C=O) groups is 2. The zero-order valence-electron chi connectivity index (χ0n) is 20.7. The van der Waals surface area contributed by atoms with Crippen LogP contribution in [0.15, 0.2) is 95.9 Å². The van der Waals surface area contributed by atoms with E-state index in [9.17, 15) is 18.0 Å². The van der Waals surface area contributed by atoms with E-state index in [0.717, 1.165) is 11.1 Å². The normalized spacial score (nSPS) is 12.2. The maximum absolute atomic E-state index is 13.5. The second-order valence-electron chi connectivity index (χ2n) is 8.57. The third kappa shape index (κ3) is 7.26. The molecule has 0 radical (unpaired) electrons. The first kappa shape index (κ1) is 27.1. The van der Waals surface area contributed by atoms with E-state index in [4.69, 9.17) is 0 Å². The summed E-state index contributed by atoms with van der Waals surface area (Å²) in [5.41, 5.74) is 1.86. The summed E-state index contributed by atoms with van der Waals surface area (Å²) in [6, 6.07) is 26.6. The summed E-state index contributed by atoms with van der Waals surface area (Å²) in [4.78, 5) is 28.2. The third-order valence-corrected chi connectivity index (χ3v) is 7.90. The monoisotopic (exact) mass is 507 g/mol. The molecule has 0 unspecified atom stereocenters. The van der Waals surface area contributed by atoms with Crippen LogP contribution in [-0.4, -0.2) is 56.1 Å². The molecule has 0 saturated carbocycles. The highest BCUT2D eigenvalue weighted by molar-refractivity contribution is 7.89. The molecule has 0 bridgehead atoms. The molecule has 0 heterocycles. The summed E-state index contributed by atoms with van der Waals surface area (Å²) in [5.74, 6) is -0.444. The van der Waals surface area contributed by atoms with Crippen molar-refractivity contribution in [1.29, 1.82) is 0 Å². The predicted octanol–water partition coefficient (Wildman–Crippen LogP) is 3.47. The number of sulfonamides is 1. The van der Waals surface area contributed by atoms with Crippen LogP contribution in [-0.2, 0) is 32.6 Å². The van der Waals surface area contributed by atoms with Crippen LogP contribution in [0.3, 0.4) is 0 Å². The number of rotatable bonds is 12. The van der Waals surface area contributed by atoms with E-state index >= 15 is 0 Å². The van der Waals surface area contributed by atoms with E-state index in [0.29, 0.717) is 12.8 Å². The number of carbonyl (C=O) groups excluding carboxylic acids is 2. The van der Waals surface area contributed by atoms with Gasteiger partial charge in [0.2, 0.25) is 21.8 Å². The second-order valence-corrected chi connectivity index (χ2v) is 10.6. The zero-order valence-corrected chi connectivity index (χ0v) is 21.5. The number of amides is 2. The van der Waals surface area contributed by atoms with Gasteiger partial charge in [-0.25, -0.2) is 12.7 Å². The minimum atomic E-state index is -3.64. The van der Waals surface area contributed by atoms with Crippen molar-refractivity contribution in [2.75, 3.05) is 20.6 Å². The van der Waals surface area contributed by atoms with Crippen molar-refractivity contribution in [2.24, 2.45) is 0 Å². The van der Waals surface area contributed by atoms with Gasteiger partial charge in [-0.15, -0.1) is 0 Å². The molecular weight excluding hydrogens is 474 g/mol. The number of hydrogen-bond donors (Lipinski definition) is 1. The van der Waals surface area contributed by atoms with Gasteiger partial charge in [0.05, 0.1) is 4.90 Å². The van der Waals surface area contributed by atoms with E-state index in [1.807, 2.05) is 60.7 Å². The molecule has 0 saturated heterocycles. The topological polar surface area (TPSA) is 86.8 Å². The van der Waals surface area contributed by atoms with Crippen LogP contribution >= 0.6 is 0 Å². The maximum atomic E-state index is 13.5. The molecule has 36 heavy (non-hydrogen) atoms. The Morgan fingerprint density at radius 1 is 0.833 bits per heavy atom. The second kappa shape index (κ2) is 13.0. The van der Waals surface area contributed by atoms with Gasteiger partial charge in [0, 0.05) is 40.0 Å². The smallest absolute Gasteiger partial charge is 0.242 e. The predicted molar refractivity (Wildman–Crippen MR) is 140 cm³/mol. The van der Waals surface area contributed by atoms with Gasteiger partial charge in [0.15, 0.2) is 0 Å². The van der Waals surface area contributed by atoms with Gasteiger partial charge in [0.25, 0.3) is 0 Å². The van der Waals surface area contributed by atoms with Gasteiger partial charge in [-0.05, 0) is 29.7 Å². The van der Waals surface area contributed by atoms with Crippen LogP contribution < -0.4 is 5.32 Å². The zero-order chi connectivity index (χ0) is 26.0. The summed E-state index contributed by atoms with van der Waals surface area (Å²) >= 11 is 0. The Bertz CT molecular complexity index is 1220. The fourth-order valence-electron chi connectivity index (χ4n) is 3.99. The lowest BCUT2D eigenvalue weighted by molar-refractivity contribution is -0.141. The first-order valence-corrected chi connectivity index (χ1v) is 13.4. The molecule has 0 aromatic heterocycles. The summed E-state index contributed by atoms with van der Waals surface area (Å²) < 4.78 is 26.9. The average Bonchev–Trinajstić information content (AvgIpc) is 2.91. The van der Waals surface area contributed by atoms with Crippen molar-refractivity contribution in [1.82, 2.24) is 14.5 Å². The summed E-state index contributed by atoms with van der Waals surface area (Å²) in [5, 5.41) is 2.70. The quantitative estimate of drug-likeness (QED) is 0.407. The maximum Gasteiger partial charge on any atom is 0.242 e. The Labute approximate surface area is 213 Å². The molecule has 190 valence electrons. The number of likely N-dealkylation sites (N-methyl/N-ethyl adjacent to an activating group) is 1.